The van der Waals surface area contributed by atoms with Crippen molar-refractivity contribution in [3.63, 3.8) is 0 Å². The third-order valence-corrected chi connectivity index (χ3v) is 10.0. The molecule has 4 heteroatoms. The molecule has 0 N–H and O–H groups in total. The molecule has 0 radical (unpaired) electrons. The van der Waals surface area contributed by atoms with Gasteiger partial charge in [0.2, 0.25) is 5.95 Å². The van der Waals surface area contributed by atoms with Gasteiger partial charge in [-0.1, -0.05) is 123 Å². The molecule has 1 aliphatic rings. The molecule has 0 bridgehead atoms. The van der Waals surface area contributed by atoms with Crippen molar-refractivity contribution in [3.8, 4) is 39.6 Å². The Kier molecular flexibility index (Phi) is 5.31. The normalized spacial score (nSPS) is 13.5. The van der Waals surface area contributed by atoms with Crippen molar-refractivity contribution in [1.82, 2.24) is 14.5 Å². The Bertz CT molecular complexity index is 2640. The standard InChI is InChI=1S/C43H29N3O/c1-43(2)33-22-21-30-28-17-9-11-19-37(28)46(41(30)40(33)32-23-31-29-18-10-12-20-38(29)47-39(31)24-34(32)43)42-44-35(26-13-5-3-6-14-26)25-36(45-42)27-15-7-4-8-16-27/h3-25H,1-2H3. The second-order valence-electron chi connectivity index (χ2n) is 13.0. The summed E-state index contributed by atoms with van der Waals surface area (Å²) in [5.74, 6) is 0.658. The number of benzene rings is 6. The van der Waals surface area contributed by atoms with E-state index in [4.69, 9.17) is 14.4 Å². The van der Waals surface area contributed by atoms with Crippen LogP contribution >= 0.6 is 0 Å². The molecule has 0 unspecified atom stereocenters. The van der Waals surface area contributed by atoms with Crippen molar-refractivity contribution in [2.75, 3.05) is 0 Å². The van der Waals surface area contributed by atoms with Crippen LogP contribution in [0.2, 0.25) is 0 Å². The first-order valence-electron chi connectivity index (χ1n) is 16.1. The van der Waals surface area contributed by atoms with E-state index in [1.807, 2.05) is 18.2 Å². The van der Waals surface area contributed by atoms with Crippen LogP contribution in [-0.4, -0.2) is 14.5 Å². The van der Waals surface area contributed by atoms with E-state index in [1.165, 1.54) is 33.0 Å². The van der Waals surface area contributed by atoms with Gasteiger partial charge in [-0.3, -0.25) is 4.57 Å². The second-order valence-corrected chi connectivity index (χ2v) is 13.0. The summed E-state index contributed by atoms with van der Waals surface area (Å²) in [6, 6.07) is 49.1. The Morgan fingerprint density at radius 1 is 0.532 bits per heavy atom. The highest BCUT2D eigenvalue weighted by molar-refractivity contribution is 6.17. The van der Waals surface area contributed by atoms with Gasteiger partial charge >= 0.3 is 0 Å². The maximum Gasteiger partial charge on any atom is 0.235 e. The van der Waals surface area contributed by atoms with E-state index in [9.17, 15) is 0 Å². The number of rotatable bonds is 3. The number of furan rings is 1. The quantitative estimate of drug-likeness (QED) is 0.202. The molecule has 0 spiro atoms. The Labute approximate surface area is 271 Å². The van der Waals surface area contributed by atoms with Gasteiger partial charge in [0.1, 0.15) is 11.2 Å². The van der Waals surface area contributed by atoms with Crippen LogP contribution in [0.25, 0.3) is 83.3 Å². The van der Waals surface area contributed by atoms with Crippen molar-refractivity contribution in [3.05, 3.63) is 151 Å². The van der Waals surface area contributed by atoms with Gasteiger partial charge < -0.3 is 4.42 Å². The van der Waals surface area contributed by atoms with Crippen LogP contribution in [0.1, 0.15) is 25.0 Å². The molecule has 0 saturated carbocycles. The Morgan fingerprint density at radius 3 is 1.89 bits per heavy atom. The lowest BCUT2D eigenvalue weighted by Crippen LogP contribution is -2.14. The molecule has 3 aromatic heterocycles. The van der Waals surface area contributed by atoms with Gasteiger partial charge in [0, 0.05) is 43.7 Å². The number of nitrogens with zero attached hydrogens (tertiary/aromatic N) is 3. The van der Waals surface area contributed by atoms with Crippen molar-refractivity contribution in [2.24, 2.45) is 0 Å². The van der Waals surface area contributed by atoms with Gasteiger partial charge in [-0.2, -0.15) is 0 Å². The predicted molar refractivity (Wildman–Crippen MR) is 192 cm³/mol. The minimum absolute atomic E-state index is 0.227. The average Bonchev–Trinajstić information content (AvgIpc) is 3.73. The van der Waals surface area contributed by atoms with Gasteiger partial charge in [0.15, 0.2) is 0 Å². The van der Waals surface area contributed by atoms with Crippen LogP contribution in [0.3, 0.4) is 0 Å². The van der Waals surface area contributed by atoms with Crippen LogP contribution in [-0.2, 0) is 5.41 Å². The first kappa shape index (κ1) is 26.2. The molecule has 9 aromatic rings. The maximum absolute atomic E-state index is 6.38. The van der Waals surface area contributed by atoms with E-state index in [2.05, 4.69) is 140 Å². The Hall–Kier alpha value is -6.00. The summed E-state index contributed by atoms with van der Waals surface area (Å²) in [5.41, 5.74) is 12.8. The van der Waals surface area contributed by atoms with E-state index in [0.717, 1.165) is 55.5 Å². The summed E-state index contributed by atoms with van der Waals surface area (Å²) in [5, 5.41) is 4.64. The number of para-hydroxylation sites is 2. The molecule has 0 amide bonds. The molecule has 0 saturated heterocycles. The number of fused-ring (bicyclic) bond motifs is 10. The van der Waals surface area contributed by atoms with Crippen LogP contribution in [0.15, 0.2) is 144 Å². The molecule has 47 heavy (non-hydrogen) atoms. The van der Waals surface area contributed by atoms with Crippen molar-refractivity contribution >= 4 is 43.7 Å². The van der Waals surface area contributed by atoms with Crippen LogP contribution in [0.4, 0.5) is 0 Å². The monoisotopic (exact) mass is 603 g/mol. The fourth-order valence-corrected chi connectivity index (χ4v) is 7.75. The summed E-state index contributed by atoms with van der Waals surface area (Å²) in [6.07, 6.45) is 0. The van der Waals surface area contributed by atoms with Crippen molar-refractivity contribution < 1.29 is 4.42 Å². The molecule has 0 atom stereocenters. The van der Waals surface area contributed by atoms with Gasteiger partial charge in [-0.15, -0.1) is 0 Å². The predicted octanol–water partition coefficient (Wildman–Crippen LogP) is 11.1. The highest BCUT2D eigenvalue weighted by Crippen LogP contribution is 2.54. The van der Waals surface area contributed by atoms with E-state index < -0.39 is 0 Å². The molecule has 0 aliphatic heterocycles. The zero-order chi connectivity index (χ0) is 31.3. The molecule has 222 valence electrons. The second kappa shape index (κ2) is 9.51. The molecule has 3 heterocycles. The fraction of sp³-hybridized carbons (Fsp3) is 0.0698. The molecular weight excluding hydrogens is 574 g/mol. The van der Waals surface area contributed by atoms with Gasteiger partial charge in [0.25, 0.3) is 0 Å². The summed E-state index contributed by atoms with van der Waals surface area (Å²) < 4.78 is 8.68. The van der Waals surface area contributed by atoms with E-state index in [1.54, 1.807) is 0 Å². The topological polar surface area (TPSA) is 43.9 Å². The van der Waals surface area contributed by atoms with Gasteiger partial charge in [-0.05, 0) is 47.0 Å². The molecule has 10 rings (SSSR count). The zero-order valence-electron chi connectivity index (χ0n) is 26.0. The van der Waals surface area contributed by atoms with Gasteiger partial charge in [-0.25, -0.2) is 9.97 Å². The lowest BCUT2D eigenvalue weighted by Gasteiger charge is -2.21. The summed E-state index contributed by atoms with van der Waals surface area (Å²) >= 11 is 0. The lowest BCUT2D eigenvalue weighted by molar-refractivity contribution is 0.647. The van der Waals surface area contributed by atoms with Crippen LogP contribution in [0.5, 0.6) is 0 Å². The van der Waals surface area contributed by atoms with Crippen LogP contribution < -0.4 is 0 Å². The van der Waals surface area contributed by atoms with Gasteiger partial charge in [0.05, 0.1) is 22.4 Å². The van der Waals surface area contributed by atoms with E-state index in [0.29, 0.717) is 5.95 Å². The average molecular weight is 604 g/mol. The largest absolute Gasteiger partial charge is 0.456 e. The molecular formula is C43H29N3O. The summed E-state index contributed by atoms with van der Waals surface area (Å²) in [4.78, 5) is 10.6. The Morgan fingerprint density at radius 2 is 1.17 bits per heavy atom. The van der Waals surface area contributed by atoms with E-state index >= 15 is 0 Å². The molecule has 1 aliphatic carbocycles. The minimum atomic E-state index is -0.227. The van der Waals surface area contributed by atoms with E-state index in [-0.39, 0.29) is 5.41 Å². The lowest BCUT2D eigenvalue weighted by atomic mass is 9.82. The van der Waals surface area contributed by atoms with Crippen molar-refractivity contribution in [2.45, 2.75) is 19.3 Å². The smallest absolute Gasteiger partial charge is 0.235 e. The molecule has 4 nitrogen and oxygen atoms in total. The zero-order valence-corrected chi connectivity index (χ0v) is 26.0. The minimum Gasteiger partial charge on any atom is -0.456 e. The first-order chi connectivity index (χ1) is 23.1. The third-order valence-electron chi connectivity index (χ3n) is 10.0. The summed E-state index contributed by atoms with van der Waals surface area (Å²) in [6.45, 7) is 4.65. The fourth-order valence-electron chi connectivity index (χ4n) is 7.75. The Balaban J connectivity index is 1.35. The number of hydrogen-bond donors (Lipinski definition) is 0. The highest BCUT2D eigenvalue weighted by atomic mass is 16.3. The maximum atomic E-state index is 6.38. The number of aromatic nitrogens is 3. The highest BCUT2D eigenvalue weighted by Gasteiger charge is 2.39. The SMILES string of the molecule is CC1(C)c2cc3oc4ccccc4c3cc2-c2c1ccc1c3ccccc3n(-c3nc(-c4ccccc4)cc(-c4ccccc4)n3)c21. The third kappa shape index (κ3) is 3.70. The van der Waals surface area contributed by atoms with Crippen LogP contribution in [0, 0.1) is 0 Å². The van der Waals surface area contributed by atoms with Crippen molar-refractivity contribution in [1.29, 1.82) is 0 Å². The molecule has 0 fully saturated rings. The number of hydrogen-bond acceptors (Lipinski definition) is 3. The summed E-state index contributed by atoms with van der Waals surface area (Å²) in [7, 11) is 0. The first-order valence-corrected chi connectivity index (χ1v) is 16.1. The molecule has 6 aromatic carbocycles.